The van der Waals surface area contributed by atoms with Gasteiger partial charge in [-0.1, -0.05) is 70.0 Å². The van der Waals surface area contributed by atoms with Crippen LogP contribution in [-0.4, -0.2) is 41.2 Å². The molecule has 1 aliphatic heterocycles. The van der Waals surface area contributed by atoms with Gasteiger partial charge in [-0.3, -0.25) is 4.79 Å². The van der Waals surface area contributed by atoms with Gasteiger partial charge in [-0.05, 0) is 48.5 Å². The maximum Gasteiger partial charge on any atom is 0.244 e. The van der Waals surface area contributed by atoms with E-state index < -0.39 is 0 Å². The molecule has 0 saturated heterocycles. The van der Waals surface area contributed by atoms with Crippen molar-refractivity contribution in [2.75, 3.05) is 19.6 Å². The summed E-state index contributed by atoms with van der Waals surface area (Å²) in [5, 5.41) is 6.45. The Labute approximate surface area is 183 Å². The number of hydrazone groups is 1. The minimum absolute atomic E-state index is 0.0593. The van der Waals surface area contributed by atoms with E-state index in [0.717, 1.165) is 51.8 Å². The highest BCUT2D eigenvalue weighted by Gasteiger charge is 2.32. The Morgan fingerprint density at radius 1 is 1.04 bits per heavy atom. The lowest BCUT2D eigenvalue weighted by molar-refractivity contribution is -0.133. The van der Waals surface area contributed by atoms with Crippen molar-refractivity contribution in [1.82, 2.24) is 9.91 Å². The third-order valence-electron chi connectivity index (χ3n) is 5.13. The van der Waals surface area contributed by atoms with Crippen LogP contribution < -0.4 is 0 Å². The first kappa shape index (κ1) is 21.2. The fourth-order valence-electron chi connectivity index (χ4n) is 3.41. The molecule has 2 aromatic carbocycles. The van der Waals surface area contributed by atoms with E-state index in [4.69, 9.17) is 5.10 Å². The third kappa shape index (κ3) is 5.10. The van der Waals surface area contributed by atoms with E-state index in [9.17, 15) is 4.79 Å². The van der Waals surface area contributed by atoms with Gasteiger partial charge in [-0.25, -0.2) is 5.01 Å². The number of carbonyl (C=O) groups is 1. The van der Waals surface area contributed by atoms with Crippen molar-refractivity contribution in [1.29, 1.82) is 0 Å². The molecule has 1 amide bonds. The van der Waals surface area contributed by atoms with Gasteiger partial charge in [0.15, 0.2) is 0 Å². The van der Waals surface area contributed by atoms with Crippen molar-refractivity contribution in [3.05, 3.63) is 68.6 Å². The summed E-state index contributed by atoms with van der Waals surface area (Å²) in [5.74, 6) is 0.0759. The summed E-state index contributed by atoms with van der Waals surface area (Å²) in [4.78, 5) is 15.3. The van der Waals surface area contributed by atoms with Crippen molar-refractivity contribution in [3.63, 3.8) is 0 Å². The number of halogens is 2. The van der Waals surface area contributed by atoms with Crippen molar-refractivity contribution in [3.8, 4) is 0 Å². The highest BCUT2D eigenvalue weighted by molar-refractivity contribution is 9.10. The second-order valence-electron chi connectivity index (χ2n) is 6.84. The molecule has 148 valence electrons. The highest BCUT2D eigenvalue weighted by Crippen LogP contribution is 2.34. The Kier molecular flexibility index (Phi) is 7.43. The van der Waals surface area contributed by atoms with Crippen LogP contribution in [0.5, 0.6) is 0 Å². The van der Waals surface area contributed by atoms with Crippen LogP contribution in [0.3, 0.4) is 0 Å². The number of nitrogens with zero attached hydrogens (tertiary/aromatic N) is 3. The Balaban J connectivity index is 1.84. The maximum absolute atomic E-state index is 13.0. The molecule has 0 N–H and O–H groups in total. The Hall–Kier alpha value is -1.50. The van der Waals surface area contributed by atoms with Crippen LogP contribution in [0.15, 0.2) is 62.6 Å². The van der Waals surface area contributed by atoms with Crippen LogP contribution in [-0.2, 0) is 4.79 Å². The fraction of sp³-hybridized carbons (Fsp3) is 0.364. The lowest BCUT2D eigenvalue weighted by atomic mass is 9.98. The van der Waals surface area contributed by atoms with Crippen LogP contribution in [0, 0.1) is 0 Å². The lowest BCUT2D eigenvalue weighted by Crippen LogP contribution is -2.32. The smallest absolute Gasteiger partial charge is 0.244 e. The molecule has 0 aromatic heterocycles. The van der Waals surface area contributed by atoms with E-state index in [1.807, 2.05) is 36.4 Å². The Morgan fingerprint density at radius 3 is 2.18 bits per heavy atom. The largest absolute Gasteiger partial charge is 0.303 e. The van der Waals surface area contributed by atoms with Crippen LogP contribution in [0.1, 0.15) is 43.9 Å². The first-order valence-corrected chi connectivity index (χ1v) is 11.2. The lowest BCUT2D eigenvalue weighted by Gasteiger charge is -2.24. The predicted molar refractivity (Wildman–Crippen MR) is 121 cm³/mol. The molecule has 0 aliphatic carbocycles. The summed E-state index contributed by atoms with van der Waals surface area (Å²) >= 11 is 6.97. The summed E-state index contributed by atoms with van der Waals surface area (Å²) in [6.45, 7) is 6.91. The van der Waals surface area contributed by atoms with E-state index in [-0.39, 0.29) is 11.9 Å². The van der Waals surface area contributed by atoms with Gasteiger partial charge in [-0.2, -0.15) is 5.10 Å². The van der Waals surface area contributed by atoms with E-state index in [2.05, 4.69) is 62.7 Å². The first-order valence-electron chi connectivity index (χ1n) is 9.65. The second-order valence-corrected chi connectivity index (χ2v) is 8.67. The SMILES string of the molecule is CCN(CC)CCC(=O)N1N=C(c2ccc(Br)cc2)C[C@@H]1c1ccc(Br)cc1. The minimum Gasteiger partial charge on any atom is -0.303 e. The molecule has 1 aliphatic rings. The van der Waals surface area contributed by atoms with Crippen molar-refractivity contribution < 1.29 is 4.79 Å². The molecule has 3 rings (SSSR count). The summed E-state index contributed by atoms with van der Waals surface area (Å²) in [7, 11) is 0. The standard InChI is InChI=1S/C22H25Br2N3O/c1-3-26(4-2)14-13-22(28)27-21(17-7-11-19(24)12-8-17)15-20(25-27)16-5-9-18(23)10-6-16/h5-12,21H,3-4,13-15H2,1-2H3/t21-/m1/s1. The molecule has 6 heteroatoms. The first-order chi connectivity index (χ1) is 13.5. The average molecular weight is 507 g/mol. The third-order valence-corrected chi connectivity index (χ3v) is 6.19. The van der Waals surface area contributed by atoms with Gasteiger partial charge in [0.1, 0.15) is 0 Å². The van der Waals surface area contributed by atoms with E-state index >= 15 is 0 Å². The number of amides is 1. The van der Waals surface area contributed by atoms with Gasteiger partial charge in [0, 0.05) is 28.3 Å². The van der Waals surface area contributed by atoms with E-state index in [0.29, 0.717) is 6.42 Å². The summed E-state index contributed by atoms with van der Waals surface area (Å²) in [6, 6.07) is 16.2. The molecule has 4 nitrogen and oxygen atoms in total. The van der Waals surface area contributed by atoms with Crippen LogP contribution in [0.2, 0.25) is 0 Å². The highest BCUT2D eigenvalue weighted by atomic mass is 79.9. The fourth-order valence-corrected chi connectivity index (χ4v) is 3.94. The van der Waals surface area contributed by atoms with Gasteiger partial charge < -0.3 is 4.90 Å². The zero-order valence-corrected chi connectivity index (χ0v) is 19.4. The summed E-state index contributed by atoms with van der Waals surface area (Å²) in [5.41, 5.74) is 3.12. The number of rotatable bonds is 7. The normalized spacial score (nSPS) is 16.5. The quantitative estimate of drug-likeness (QED) is 0.488. The average Bonchev–Trinajstić information content (AvgIpc) is 3.15. The van der Waals surface area contributed by atoms with Gasteiger partial charge in [0.2, 0.25) is 5.91 Å². The molecule has 1 atom stereocenters. The van der Waals surface area contributed by atoms with Crippen molar-refractivity contribution in [2.24, 2.45) is 5.10 Å². The van der Waals surface area contributed by atoms with E-state index in [1.54, 1.807) is 5.01 Å². The molecule has 2 aromatic rings. The molecule has 0 bridgehead atoms. The summed E-state index contributed by atoms with van der Waals surface area (Å²) in [6.07, 6.45) is 1.20. The van der Waals surface area contributed by atoms with Crippen LogP contribution in [0.4, 0.5) is 0 Å². The molecular weight excluding hydrogens is 482 g/mol. The topological polar surface area (TPSA) is 35.9 Å². The minimum atomic E-state index is -0.0593. The molecule has 1 heterocycles. The zero-order valence-electron chi connectivity index (χ0n) is 16.2. The molecule has 0 saturated carbocycles. The number of hydrogen-bond acceptors (Lipinski definition) is 3. The Morgan fingerprint density at radius 2 is 1.61 bits per heavy atom. The number of benzene rings is 2. The Bertz CT molecular complexity index is 830. The van der Waals surface area contributed by atoms with Crippen LogP contribution >= 0.6 is 31.9 Å². The molecular formula is C22H25Br2N3O. The van der Waals surface area contributed by atoms with Gasteiger partial charge in [0.05, 0.1) is 11.8 Å². The second kappa shape index (κ2) is 9.81. The maximum atomic E-state index is 13.0. The van der Waals surface area contributed by atoms with Crippen LogP contribution in [0.25, 0.3) is 0 Å². The van der Waals surface area contributed by atoms with Gasteiger partial charge >= 0.3 is 0 Å². The molecule has 0 radical (unpaired) electrons. The molecule has 0 unspecified atom stereocenters. The van der Waals surface area contributed by atoms with Crippen molar-refractivity contribution >= 4 is 43.5 Å². The van der Waals surface area contributed by atoms with Gasteiger partial charge in [0.25, 0.3) is 0 Å². The zero-order chi connectivity index (χ0) is 20.1. The molecule has 0 fully saturated rings. The van der Waals surface area contributed by atoms with Crippen molar-refractivity contribution in [2.45, 2.75) is 32.7 Å². The number of carbonyl (C=O) groups excluding carboxylic acids is 1. The predicted octanol–water partition coefficient (Wildman–Crippen LogP) is 5.62. The summed E-state index contributed by atoms with van der Waals surface area (Å²) < 4.78 is 2.06. The molecule has 28 heavy (non-hydrogen) atoms. The van der Waals surface area contributed by atoms with Gasteiger partial charge in [-0.15, -0.1) is 0 Å². The van der Waals surface area contributed by atoms with E-state index in [1.165, 1.54) is 0 Å². The molecule has 0 spiro atoms. The monoisotopic (exact) mass is 505 g/mol. The number of hydrogen-bond donors (Lipinski definition) is 0.